The molecule has 1 atom stereocenters. The smallest absolute Gasteiger partial charge is 0.351 e. The number of thiophene rings is 1. The number of benzene rings is 1. The third-order valence-corrected chi connectivity index (χ3v) is 5.84. The number of nitrogens with one attached hydrogen (secondary N) is 1. The first-order chi connectivity index (χ1) is 13.4. The van der Waals surface area contributed by atoms with E-state index in [1.54, 1.807) is 12.3 Å². The Morgan fingerprint density at radius 3 is 2.57 bits per heavy atom. The summed E-state index contributed by atoms with van der Waals surface area (Å²) in [5.74, 6) is -1.82. The number of carbonyl (C=O) groups excluding carboxylic acids is 3. The molecule has 3 rings (SSSR count). The number of anilines is 1. The van der Waals surface area contributed by atoms with Crippen molar-refractivity contribution in [1.29, 1.82) is 0 Å². The Morgan fingerprint density at radius 2 is 1.89 bits per heavy atom. The van der Waals surface area contributed by atoms with Crippen LogP contribution in [0.25, 0.3) is 10.6 Å². The zero-order valence-corrected chi connectivity index (χ0v) is 16.7. The molecule has 0 unspecified atom stereocenters. The summed E-state index contributed by atoms with van der Waals surface area (Å²) in [7, 11) is 0. The van der Waals surface area contributed by atoms with Gasteiger partial charge in [0.15, 0.2) is 6.10 Å². The second-order valence-electron chi connectivity index (χ2n) is 5.86. The number of amides is 2. The molecule has 28 heavy (non-hydrogen) atoms. The van der Waals surface area contributed by atoms with E-state index in [9.17, 15) is 14.4 Å². The molecule has 9 heteroatoms. The van der Waals surface area contributed by atoms with Crippen molar-refractivity contribution in [3.63, 3.8) is 0 Å². The van der Waals surface area contributed by atoms with Gasteiger partial charge in [0.1, 0.15) is 14.9 Å². The SMILES string of the molecule is Cc1nc(-c2ccccc2)sc1C(=O)O[C@H](C)C(=O)Nc1sccc1C(N)=O. The van der Waals surface area contributed by atoms with E-state index in [1.165, 1.54) is 24.3 Å². The van der Waals surface area contributed by atoms with Gasteiger partial charge in [-0.3, -0.25) is 9.59 Å². The maximum atomic E-state index is 12.5. The second kappa shape index (κ2) is 8.32. The molecule has 2 amide bonds. The molecule has 0 saturated carbocycles. The predicted octanol–water partition coefficient (Wildman–Crippen LogP) is 3.46. The van der Waals surface area contributed by atoms with Crippen molar-refractivity contribution in [3.05, 3.63) is 57.9 Å². The van der Waals surface area contributed by atoms with Crippen molar-refractivity contribution in [2.24, 2.45) is 5.73 Å². The largest absolute Gasteiger partial charge is 0.448 e. The van der Waals surface area contributed by atoms with E-state index < -0.39 is 23.9 Å². The summed E-state index contributed by atoms with van der Waals surface area (Å²) in [6.07, 6.45) is -1.06. The monoisotopic (exact) mass is 415 g/mol. The summed E-state index contributed by atoms with van der Waals surface area (Å²) in [6, 6.07) is 11.0. The molecule has 144 valence electrons. The highest BCUT2D eigenvalue weighted by Crippen LogP contribution is 2.28. The number of esters is 1. The van der Waals surface area contributed by atoms with Crippen LogP contribution in [0.4, 0.5) is 5.00 Å². The van der Waals surface area contributed by atoms with Crippen LogP contribution in [-0.2, 0) is 9.53 Å². The number of thiazole rings is 1. The molecule has 3 N–H and O–H groups in total. The average molecular weight is 415 g/mol. The molecule has 1 aromatic carbocycles. The van der Waals surface area contributed by atoms with E-state index in [0.29, 0.717) is 20.6 Å². The van der Waals surface area contributed by atoms with E-state index >= 15 is 0 Å². The van der Waals surface area contributed by atoms with Gasteiger partial charge in [-0.25, -0.2) is 9.78 Å². The number of aromatic nitrogens is 1. The minimum absolute atomic E-state index is 0.211. The first kappa shape index (κ1) is 19.7. The van der Waals surface area contributed by atoms with Crippen LogP contribution in [0.5, 0.6) is 0 Å². The van der Waals surface area contributed by atoms with E-state index in [4.69, 9.17) is 10.5 Å². The van der Waals surface area contributed by atoms with Crippen molar-refractivity contribution < 1.29 is 19.1 Å². The Morgan fingerprint density at radius 1 is 1.18 bits per heavy atom. The molecule has 0 fully saturated rings. The molecule has 7 nitrogen and oxygen atoms in total. The van der Waals surface area contributed by atoms with E-state index in [1.807, 2.05) is 30.3 Å². The molecule has 2 heterocycles. The van der Waals surface area contributed by atoms with Crippen LogP contribution in [0.2, 0.25) is 0 Å². The van der Waals surface area contributed by atoms with E-state index in [-0.39, 0.29) is 5.56 Å². The van der Waals surface area contributed by atoms with Crippen molar-refractivity contribution in [1.82, 2.24) is 4.98 Å². The zero-order valence-electron chi connectivity index (χ0n) is 15.1. The number of aryl methyl sites for hydroxylation is 1. The van der Waals surface area contributed by atoms with Gasteiger partial charge in [-0.15, -0.1) is 22.7 Å². The van der Waals surface area contributed by atoms with Crippen molar-refractivity contribution in [2.45, 2.75) is 20.0 Å². The summed E-state index contributed by atoms with van der Waals surface area (Å²) >= 11 is 2.37. The Hall–Kier alpha value is -3.04. The van der Waals surface area contributed by atoms with Crippen LogP contribution in [0.15, 0.2) is 41.8 Å². The average Bonchev–Trinajstić information content (AvgIpc) is 3.29. The Balaban J connectivity index is 1.69. The third-order valence-electron chi connectivity index (χ3n) is 3.82. The van der Waals surface area contributed by atoms with Gasteiger partial charge in [-0.1, -0.05) is 30.3 Å². The normalized spacial score (nSPS) is 11.6. The van der Waals surface area contributed by atoms with Crippen LogP contribution in [0.3, 0.4) is 0 Å². The third kappa shape index (κ3) is 4.26. The Labute approximate surface area is 169 Å². The van der Waals surface area contributed by atoms with Crippen LogP contribution in [-0.4, -0.2) is 28.9 Å². The molecular weight excluding hydrogens is 398 g/mol. The fourth-order valence-corrected chi connectivity index (χ4v) is 4.12. The van der Waals surface area contributed by atoms with Gasteiger partial charge in [-0.05, 0) is 25.3 Å². The number of primary amides is 1. The first-order valence-corrected chi connectivity index (χ1v) is 9.98. The number of carbonyl (C=O) groups is 3. The number of hydrogen-bond donors (Lipinski definition) is 2. The molecule has 3 aromatic rings. The highest BCUT2D eigenvalue weighted by molar-refractivity contribution is 7.17. The summed E-state index contributed by atoms with van der Waals surface area (Å²) in [4.78, 5) is 40.9. The molecular formula is C19H17N3O4S2. The molecule has 0 aliphatic rings. The highest BCUT2D eigenvalue weighted by atomic mass is 32.1. The minimum atomic E-state index is -1.06. The Bertz CT molecular complexity index is 1030. The van der Waals surface area contributed by atoms with Gasteiger partial charge in [-0.2, -0.15) is 0 Å². The van der Waals surface area contributed by atoms with Gasteiger partial charge in [0.2, 0.25) is 0 Å². The zero-order chi connectivity index (χ0) is 20.3. The quantitative estimate of drug-likeness (QED) is 0.599. The summed E-state index contributed by atoms with van der Waals surface area (Å²) in [5.41, 5.74) is 6.91. The van der Waals surface area contributed by atoms with Crippen molar-refractivity contribution in [3.8, 4) is 10.6 Å². The van der Waals surface area contributed by atoms with E-state index in [0.717, 1.165) is 16.9 Å². The lowest BCUT2D eigenvalue weighted by molar-refractivity contribution is -0.123. The van der Waals surface area contributed by atoms with Gasteiger partial charge < -0.3 is 15.8 Å². The maximum absolute atomic E-state index is 12.5. The molecule has 0 bridgehead atoms. The van der Waals surface area contributed by atoms with Crippen LogP contribution >= 0.6 is 22.7 Å². The Kier molecular flexibility index (Phi) is 5.86. The van der Waals surface area contributed by atoms with Gasteiger partial charge >= 0.3 is 5.97 Å². The molecule has 0 saturated heterocycles. The predicted molar refractivity (Wildman–Crippen MR) is 109 cm³/mol. The maximum Gasteiger partial charge on any atom is 0.351 e. The van der Waals surface area contributed by atoms with Crippen LogP contribution < -0.4 is 11.1 Å². The van der Waals surface area contributed by atoms with E-state index in [2.05, 4.69) is 10.3 Å². The fourth-order valence-electron chi connectivity index (χ4n) is 2.37. The number of rotatable bonds is 6. The number of nitrogens with two attached hydrogens (primary N) is 1. The topological polar surface area (TPSA) is 111 Å². The lowest BCUT2D eigenvalue weighted by Crippen LogP contribution is -2.30. The molecule has 0 spiro atoms. The molecule has 2 aromatic heterocycles. The minimum Gasteiger partial charge on any atom is -0.448 e. The lowest BCUT2D eigenvalue weighted by Gasteiger charge is -2.12. The first-order valence-electron chi connectivity index (χ1n) is 8.28. The molecule has 0 aliphatic carbocycles. The van der Waals surface area contributed by atoms with Gasteiger partial charge in [0.25, 0.3) is 11.8 Å². The lowest BCUT2D eigenvalue weighted by atomic mass is 10.2. The fraction of sp³-hybridized carbons (Fsp3) is 0.158. The summed E-state index contributed by atoms with van der Waals surface area (Å²) in [6.45, 7) is 3.17. The molecule has 0 aliphatic heterocycles. The second-order valence-corrected chi connectivity index (χ2v) is 7.78. The summed E-state index contributed by atoms with van der Waals surface area (Å²) in [5, 5.41) is 5.22. The summed E-state index contributed by atoms with van der Waals surface area (Å²) < 4.78 is 5.29. The number of hydrogen-bond acceptors (Lipinski definition) is 7. The van der Waals surface area contributed by atoms with Crippen LogP contribution in [0.1, 0.15) is 32.6 Å². The van der Waals surface area contributed by atoms with Crippen molar-refractivity contribution >= 4 is 45.5 Å². The van der Waals surface area contributed by atoms with Crippen LogP contribution in [0, 0.1) is 6.92 Å². The van der Waals surface area contributed by atoms with Gasteiger partial charge in [0, 0.05) is 5.56 Å². The molecule has 0 radical (unpaired) electrons. The van der Waals surface area contributed by atoms with Gasteiger partial charge in [0.05, 0.1) is 11.3 Å². The standard InChI is InChI=1S/C19H17N3O4S2/c1-10-14(28-17(21-10)12-6-4-3-5-7-12)19(25)26-11(2)16(24)22-18-13(15(20)23)8-9-27-18/h3-9,11H,1-2H3,(H2,20,23)(H,22,24)/t11-/m1/s1. The van der Waals surface area contributed by atoms with Crippen molar-refractivity contribution in [2.75, 3.05) is 5.32 Å². The number of ether oxygens (including phenoxy) is 1. The number of nitrogens with zero attached hydrogens (tertiary/aromatic N) is 1. The highest BCUT2D eigenvalue weighted by Gasteiger charge is 2.24.